The van der Waals surface area contributed by atoms with Gasteiger partial charge in [0.2, 0.25) is 0 Å². The van der Waals surface area contributed by atoms with Gasteiger partial charge in [-0.3, -0.25) is 14.9 Å². The summed E-state index contributed by atoms with van der Waals surface area (Å²) in [4.78, 5) is 27.5. The van der Waals surface area contributed by atoms with Crippen molar-refractivity contribution in [3.8, 4) is 5.75 Å². The first kappa shape index (κ1) is 17.0. The van der Waals surface area contributed by atoms with Crippen LogP contribution in [0.1, 0.15) is 18.2 Å². The first-order valence-corrected chi connectivity index (χ1v) is 7.91. The molecule has 1 aromatic carbocycles. The van der Waals surface area contributed by atoms with Crippen LogP contribution in [0.4, 0.5) is 5.13 Å². The van der Waals surface area contributed by atoms with E-state index in [-0.39, 0.29) is 18.3 Å². The first-order valence-electron chi connectivity index (χ1n) is 7.03. The monoisotopic (exact) mass is 334 g/mol. The molecular weight excluding hydrogens is 316 g/mol. The highest BCUT2D eigenvalue weighted by molar-refractivity contribution is 7.13. The third-order valence-corrected chi connectivity index (χ3v) is 3.84. The Bertz CT molecular complexity index is 682. The highest BCUT2D eigenvalue weighted by atomic mass is 32.1. The highest BCUT2D eigenvalue weighted by Gasteiger charge is 2.17. The molecule has 2 rings (SSSR count). The van der Waals surface area contributed by atoms with Crippen molar-refractivity contribution in [3.63, 3.8) is 0 Å². The molecule has 6 nitrogen and oxygen atoms in total. The third-order valence-electron chi connectivity index (χ3n) is 3.04. The molecule has 122 valence electrons. The summed E-state index contributed by atoms with van der Waals surface area (Å²) >= 11 is 1.25. The molecule has 0 spiro atoms. The number of carbonyl (C=O) groups is 2. The topological polar surface area (TPSA) is 77.5 Å². The lowest BCUT2D eigenvalue weighted by atomic mass is 10.2. The number of rotatable bonds is 6. The van der Waals surface area contributed by atoms with Crippen molar-refractivity contribution >= 4 is 28.3 Å². The Balaban J connectivity index is 1.90. The Morgan fingerprint density at radius 1 is 1.30 bits per heavy atom. The minimum atomic E-state index is -0.661. The van der Waals surface area contributed by atoms with E-state index in [2.05, 4.69) is 15.0 Å². The van der Waals surface area contributed by atoms with Crippen LogP contribution >= 0.6 is 11.3 Å². The van der Waals surface area contributed by atoms with Gasteiger partial charge in [0.05, 0.1) is 19.2 Å². The van der Waals surface area contributed by atoms with Crippen LogP contribution in [0.3, 0.4) is 0 Å². The lowest BCUT2D eigenvalue weighted by molar-refractivity contribution is -0.139. The highest BCUT2D eigenvalue weighted by Crippen LogP contribution is 2.18. The molecule has 0 aliphatic rings. The van der Waals surface area contributed by atoms with Crippen LogP contribution in [-0.4, -0.2) is 30.1 Å². The second-order valence-corrected chi connectivity index (χ2v) is 5.82. The predicted molar refractivity (Wildman–Crippen MR) is 87.7 cm³/mol. The van der Waals surface area contributed by atoms with E-state index in [1.807, 2.05) is 31.2 Å². The molecule has 1 aromatic heterocycles. The molecule has 0 aliphatic carbocycles. The van der Waals surface area contributed by atoms with Crippen molar-refractivity contribution in [1.29, 1.82) is 0 Å². The third kappa shape index (κ3) is 5.07. The number of benzene rings is 1. The standard InChI is InChI=1S/C16H18N2O4S/c1-10-4-6-13(7-5-10)22-11(2)15(20)18-16-17-12(9-23-16)8-14(19)21-3/h4-7,9,11H,8H2,1-3H3,(H,17,18,20). The number of esters is 1. The zero-order valence-corrected chi connectivity index (χ0v) is 14.0. The van der Waals surface area contributed by atoms with Crippen LogP contribution < -0.4 is 10.1 Å². The van der Waals surface area contributed by atoms with E-state index in [4.69, 9.17) is 4.74 Å². The van der Waals surface area contributed by atoms with Gasteiger partial charge in [-0.05, 0) is 26.0 Å². The molecule has 7 heteroatoms. The van der Waals surface area contributed by atoms with Crippen LogP contribution in [0.2, 0.25) is 0 Å². The quantitative estimate of drug-likeness (QED) is 0.822. The van der Waals surface area contributed by atoms with Crippen LogP contribution in [-0.2, 0) is 20.7 Å². The summed E-state index contributed by atoms with van der Waals surface area (Å²) in [6, 6.07) is 7.47. The fourth-order valence-corrected chi connectivity index (χ4v) is 2.46. The molecular formula is C16H18N2O4S. The number of nitrogens with one attached hydrogen (secondary N) is 1. The van der Waals surface area contributed by atoms with Gasteiger partial charge in [-0.2, -0.15) is 0 Å². The maximum Gasteiger partial charge on any atom is 0.311 e. The normalized spacial score (nSPS) is 11.6. The molecule has 0 bridgehead atoms. The lowest BCUT2D eigenvalue weighted by Crippen LogP contribution is -2.30. The average molecular weight is 334 g/mol. The summed E-state index contributed by atoms with van der Waals surface area (Å²) in [7, 11) is 1.32. The van der Waals surface area contributed by atoms with Crippen LogP contribution in [0.25, 0.3) is 0 Å². The second kappa shape index (κ2) is 7.73. The lowest BCUT2D eigenvalue weighted by Gasteiger charge is -2.13. The number of methoxy groups -OCH3 is 1. The summed E-state index contributed by atoms with van der Waals surface area (Å²) in [5.74, 6) is -0.0439. The van der Waals surface area contributed by atoms with E-state index in [1.165, 1.54) is 18.4 Å². The van der Waals surface area contributed by atoms with Gasteiger partial charge in [-0.25, -0.2) is 4.98 Å². The number of amides is 1. The van der Waals surface area contributed by atoms with Gasteiger partial charge in [-0.15, -0.1) is 11.3 Å². The Morgan fingerprint density at radius 3 is 2.65 bits per heavy atom. The van der Waals surface area contributed by atoms with E-state index >= 15 is 0 Å². The Kier molecular flexibility index (Phi) is 5.70. The molecule has 2 aromatic rings. The van der Waals surface area contributed by atoms with Crippen molar-refractivity contribution in [3.05, 3.63) is 40.9 Å². The smallest absolute Gasteiger partial charge is 0.311 e. The van der Waals surface area contributed by atoms with Gasteiger partial charge in [0, 0.05) is 5.38 Å². The van der Waals surface area contributed by atoms with Crippen LogP contribution in [0.5, 0.6) is 5.75 Å². The fourth-order valence-electron chi connectivity index (χ4n) is 1.75. The number of ether oxygens (including phenoxy) is 2. The number of anilines is 1. The number of carbonyl (C=O) groups excluding carboxylic acids is 2. The van der Waals surface area contributed by atoms with Crippen LogP contribution in [0, 0.1) is 6.92 Å². The summed E-state index contributed by atoms with van der Waals surface area (Å²) in [5.41, 5.74) is 1.68. The number of thiazole rings is 1. The summed E-state index contributed by atoms with van der Waals surface area (Å²) in [5, 5.41) is 4.81. The molecule has 1 N–H and O–H groups in total. The predicted octanol–water partition coefficient (Wildman–Crippen LogP) is 2.57. The molecule has 0 radical (unpaired) electrons. The first-order chi connectivity index (χ1) is 11.0. The number of hydrogen-bond donors (Lipinski definition) is 1. The van der Waals surface area contributed by atoms with E-state index in [9.17, 15) is 9.59 Å². The zero-order valence-electron chi connectivity index (χ0n) is 13.2. The molecule has 0 saturated carbocycles. The Morgan fingerprint density at radius 2 is 2.00 bits per heavy atom. The summed E-state index contributed by atoms with van der Waals surface area (Å²) in [6.07, 6.45) is -0.580. The zero-order chi connectivity index (χ0) is 16.8. The number of aryl methyl sites for hydroxylation is 1. The van der Waals surface area contributed by atoms with Gasteiger partial charge in [0.25, 0.3) is 5.91 Å². The van der Waals surface area contributed by atoms with E-state index in [0.29, 0.717) is 16.6 Å². The van der Waals surface area contributed by atoms with Crippen molar-refractivity contribution in [1.82, 2.24) is 4.98 Å². The number of hydrogen-bond acceptors (Lipinski definition) is 6. The molecule has 0 fully saturated rings. The van der Waals surface area contributed by atoms with Gasteiger partial charge in [-0.1, -0.05) is 17.7 Å². The maximum atomic E-state index is 12.1. The van der Waals surface area contributed by atoms with Crippen molar-refractivity contribution in [2.45, 2.75) is 26.4 Å². The minimum absolute atomic E-state index is 0.0816. The largest absolute Gasteiger partial charge is 0.481 e. The van der Waals surface area contributed by atoms with Crippen molar-refractivity contribution < 1.29 is 19.1 Å². The Labute approximate surface area is 138 Å². The molecule has 1 amide bonds. The minimum Gasteiger partial charge on any atom is -0.481 e. The number of aromatic nitrogens is 1. The fraction of sp³-hybridized carbons (Fsp3) is 0.312. The average Bonchev–Trinajstić information content (AvgIpc) is 2.96. The Hall–Kier alpha value is -2.41. The van der Waals surface area contributed by atoms with Gasteiger partial charge in [0.1, 0.15) is 5.75 Å². The van der Waals surface area contributed by atoms with Crippen molar-refractivity contribution in [2.75, 3.05) is 12.4 Å². The molecule has 1 atom stereocenters. The van der Waals surface area contributed by atoms with Gasteiger partial charge in [0.15, 0.2) is 11.2 Å². The summed E-state index contributed by atoms with van der Waals surface area (Å²) in [6.45, 7) is 3.65. The maximum absolute atomic E-state index is 12.1. The molecule has 23 heavy (non-hydrogen) atoms. The second-order valence-electron chi connectivity index (χ2n) is 4.96. The van der Waals surface area contributed by atoms with E-state index in [0.717, 1.165) is 5.56 Å². The molecule has 0 aliphatic heterocycles. The van der Waals surface area contributed by atoms with Gasteiger partial charge >= 0.3 is 5.97 Å². The van der Waals surface area contributed by atoms with E-state index < -0.39 is 6.10 Å². The summed E-state index contributed by atoms with van der Waals surface area (Å²) < 4.78 is 10.2. The molecule has 1 unspecified atom stereocenters. The number of nitrogens with zero attached hydrogens (tertiary/aromatic N) is 1. The van der Waals surface area contributed by atoms with Gasteiger partial charge < -0.3 is 9.47 Å². The van der Waals surface area contributed by atoms with Crippen molar-refractivity contribution in [2.24, 2.45) is 0 Å². The molecule has 0 saturated heterocycles. The van der Waals surface area contributed by atoms with Crippen LogP contribution in [0.15, 0.2) is 29.6 Å². The SMILES string of the molecule is COC(=O)Cc1csc(NC(=O)C(C)Oc2ccc(C)cc2)n1. The van der Waals surface area contributed by atoms with E-state index in [1.54, 1.807) is 12.3 Å². The molecule has 1 heterocycles.